The minimum Gasteiger partial charge on any atom is -0.327 e. The number of imidazole rings is 1. The predicted octanol–water partition coefficient (Wildman–Crippen LogP) is 6.02. The summed E-state index contributed by atoms with van der Waals surface area (Å²) in [4.78, 5) is 4.95. The molecule has 0 atom stereocenters. The number of benzene rings is 4. The fraction of sp³-hybridized carbons (Fsp3) is 0.115. The summed E-state index contributed by atoms with van der Waals surface area (Å²) in [5.41, 5.74) is 4.98. The lowest BCUT2D eigenvalue weighted by Crippen LogP contribution is -2.07. The van der Waals surface area contributed by atoms with Gasteiger partial charge in [0.2, 0.25) is 0 Å². The Bertz CT molecular complexity index is 1230. The summed E-state index contributed by atoms with van der Waals surface area (Å²) >= 11 is 0. The van der Waals surface area contributed by atoms with Gasteiger partial charge in [0, 0.05) is 13.0 Å². The lowest BCUT2D eigenvalue weighted by molar-refractivity contribution is 0.681. The number of fused-ring (bicyclic) bond motifs is 2. The first-order valence-corrected chi connectivity index (χ1v) is 9.83. The Morgan fingerprint density at radius 2 is 1.43 bits per heavy atom. The third kappa shape index (κ3) is 3.18. The first kappa shape index (κ1) is 16.8. The van der Waals surface area contributed by atoms with E-state index in [1.807, 2.05) is 0 Å². The van der Waals surface area contributed by atoms with Crippen LogP contribution in [-0.2, 0) is 19.4 Å². The number of aryl methyl sites for hydroxylation is 2. The van der Waals surface area contributed by atoms with E-state index in [-0.39, 0.29) is 0 Å². The normalized spacial score (nSPS) is 11.3. The highest BCUT2D eigenvalue weighted by atomic mass is 15.1. The molecule has 0 aliphatic rings. The molecular weight excluding hydrogens is 340 g/mol. The van der Waals surface area contributed by atoms with Crippen molar-refractivity contribution in [3.05, 3.63) is 114 Å². The molecule has 4 aromatic carbocycles. The summed E-state index contributed by atoms with van der Waals surface area (Å²) in [6.07, 6.45) is 1.84. The Balaban J connectivity index is 1.51. The molecule has 0 aliphatic carbocycles. The van der Waals surface area contributed by atoms with Gasteiger partial charge in [-0.2, -0.15) is 0 Å². The van der Waals surface area contributed by atoms with Crippen molar-refractivity contribution < 1.29 is 0 Å². The van der Waals surface area contributed by atoms with Gasteiger partial charge >= 0.3 is 0 Å². The molecule has 1 heterocycles. The van der Waals surface area contributed by atoms with E-state index >= 15 is 0 Å². The van der Waals surface area contributed by atoms with Crippen LogP contribution in [0.4, 0.5) is 0 Å². The standard InChI is InChI=1S/C26H22N2/c1-2-9-20(10-3-1)19-26-27-24-15-6-7-16-25(24)28(26)18-17-22-13-8-12-21-11-4-5-14-23(21)22/h1-16H,17-19H2. The minimum absolute atomic E-state index is 0.852. The number of rotatable bonds is 5. The lowest BCUT2D eigenvalue weighted by atomic mass is 10.0. The maximum Gasteiger partial charge on any atom is 0.114 e. The summed E-state index contributed by atoms with van der Waals surface area (Å²) < 4.78 is 2.39. The van der Waals surface area contributed by atoms with Crippen molar-refractivity contribution in [1.82, 2.24) is 9.55 Å². The van der Waals surface area contributed by atoms with E-state index in [9.17, 15) is 0 Å². The molecule has 136 valence electrons. The molecule has 0 fully saturated rings. The van der Waals surface area contributed by atoms with Crippen LogP contribution in [0.3, 0.4) is 0 Å². The summed E-state index contributed by atoms with van der Waals surface area (Å²) in [6, 6.07) is 34.3. The highest BCUT2D eigenvalue weighted by Crippen LogP contribution is 2.22. The van der Waals surface area contributed by atoms with Gasteiger partial charge in [0.1, 0.15) is 5.82 Å². The molecule has 0 unspecified atom stereocenters. The van der Waals surface area contributed by atoms with E-state index in [0.717, 1.165) is 30.7 Å². The van der Waals surface area contributed by atoms with Gasteiger partial charge in [0.15, 0.2) is 0 Å². The summed E-state index contributed by atoms with van der Waals surface area (Å²) in [5.74, 6) is 1.13. The van der Waals surface area contributed by atoms with Gasteiger partial charge in [-0.3, -0.25) is 0 Å². The van der Waals surface area contributed by atoms with E-state index in [1.54, 1.807) is 0 Å². The zero-order chi connectivity index (χ0) is 18.8. The molecule has 5 rings (SSSR count). The number of nitrogens with zero attached hydrogens (tertiary/aromatic N) is 2. The predicted molar refractivity (Wildman–Crippen MR) is 117 cm³/mol. The molecule has 0 N–H and O–H groups in total. The van der Waals surface area contributed by atoms with Crippen molar-refractivity contribution in [3.63, 3.8) is 0 Å². The van der Waals surface area contributed by atoms with E-state index < -0.39 is 0 Å². The average molecular weight is 362 g/mol. The second-order valence-corrected chi connectivity index (χ2v) is 7.22. The van der Waals surface area contributed by atoms with E-state index in [0.29, 0.717) is 0 Å². The van der Waals surface area contributed by atoms with Crippen LogP contribution in [-0.4, -0.2) is 9.55 Å². The molecular formula is C26H22N2. The van der Waals surface area contributed by atoms with Crippen LogP contribution in [0, 0.1) is 0 Å². The highest BCUT2D eigenvalue weighted by Gasteiger charge is 2.11. The molecule has 0 radical (unpaired) electrons. The minimum atomic E-state index is 0.852. The van der Waals surface area contributed by atoms with Crippen molar-refractivity contribution in [2.24, 2.45) is 0 Å². The Kier molecular flexibility index (Phi) is 4.38. The molecule has 0 saturated carbocycles. The molecule has 0 saturated heterocycles. The highest BCUT2D eigenvalue weighted by molar-refractivity contribution is 5.85. The van der Waals surface area contributed by atoms with Crippen molar-refractivity contribution in [1.29, 1.82) is 0 Å². The second-order valence-electron chi connectivity index (χ2n) is 7.22. The molecule has 28 heavy (non-hydrogen) atoms. The van der Waals surface area contributed by atoms with Crippen LogP contribution in [0.1, 0.15) is 17.0 Å². The Hall–Kier alpha value is -3.39. The first-order valence-electron chi connectivity index (χ1n) is 9.83. The van der Waals surface area contributed by atoms with Crippen molar-refractivity contribution in [2.45, 2.75) is 19.4 Å². The second kappa shape index (κ2) is 7.32. The summed E-state index contributed by atoms with van der Waals surface area (Å²) in [6.45, 7) is 0.927. The summed E-state index contributed by atoms with van der Waals surface area (Å²) in [5, 5.41) is 2.65. The van der Waals surface area contributed by atoms with Gasteiger partial charge < -0.3 is 4.57 Å². The van der Waals surface area contributed by atoms with Gasteiger partial charge in [0.05, 0.1) is 11.0 Å². The van der Waals surface area contributed by atoms with E-state index in [4.69, 9.17) is 4.98 Å². The molecule has 5 aromatic rings. The first-order chi connectivity index (χ1) is 13.9. The van der Waals surface area contributed by atoms with Crippen molar-refractivity contribution >= 4 is 21.8 Å². The molecule has 2 heteroatoms. The van der Waals surface area contributed by atoms with Crippen LogP contribution >= 0.6 is 0 Å². The van der Waals surface area contributed by atoms with Gasteiger partial charge in [-0.05, 0) is 40.5 Å². The van der Waals surface area contributed by atoms with Gasteiger partial charge in [-0.1, -0.05) is 84.9 Å². The van der Waals surface area contributed by atoms with Gasteiger partial charge in [0.25, 0.3) is 0 Å². The fourth-order valence-corrected chi connectivity index (χ4v) is 4.03. The zero-order valence-electron chi connectivity index (χ0n) is 15.8. The van der Waals surface area contributed by atoms with Crippen LogP contribution in [0.15, 0.2) is 97.1 Å². The molecule has 1 aromatic heterocycles. The maximum absolute atomic E-state index is 4.95. The summed E-state index contributed by atoms with van der Waals surface area (Å²) in [7, 11) is 0. The van der Waals surface area contributed by atoms with Gasteiger partial charge in [-0.25, -0.2) is 4.98 Å². The molecule has 0 aliphatic heterocycles. The lowest BCUT2D eigenvalue weighted by Gasteiger charge is -2.11. The maximum atomic E-state index is 4.95. The van der Waals surface area contributed by atoms with Crippen LogP contribution < -0.4 is 0 Å². The molecule has 0 spiro atoms. The Morgan fingerprint density at radius 3 is 2.36 bits per heavy atom. The Morgan fingerprint density at radius 1 is 0.679 bits per heavy atom. The largest absolute Gasteiger partial charge is 0.327 e. The van der Waals surface area contributed by atoms with Crippen LogP contribution in [0.25, 0.3) is 21.8 Å². The third-order valence-electron chi connectivity index (χ3n) is 5.42. The fourth-order valence-electron chi connectivity index (χ4n) is 4.03. The van der Waals surface area contributed by atoms with E-state index in [1.165, 1.54) is 27.4 Å². The topological polar surface area (TPSA) is 17.8 Å². The smallest absolute Gasteiger partial charge is 0.114 e. The van der Waals surface area contributed by atoms with Crippen molar-refractivity contribution in [2.75, 3.05) is 0 Å². The van der Waals surface area contributed by atoms with Gasteiger partial charge in [-0.15, -0.1) is 0 Å². The number of para-hydroxylation sites is 2. The monoisotopic (exact) mass is 362 g/mol. The van der Waals surface area contributed by atoms with Crippen LogP contribution in [0.2, 0.25) is 0 Å². The quantitative estimate of drug-likeness (QED) is 0.374. The zero-order valence-corrected chi connectivity index (χ0v) is 15.8. The van der Waals surface area contributed by atoms with E-state index in [2.05, 4.69) is 102 Å². The third-order valence-corrected chi connectivity index (χ3v) is 5.42. The Labute approximate surface area is 165 Å². The van der Waals surface area contributed by atoms with Crippen LogP contribution in [0.5, 0.6) is 0 Å². The number of hydrogen-bond acceptors (Lipinski definition) is 1. The average Bonchev–Trinajstić information content (AvgIpc) is 3.10. The molecule has 2 nitrogen and oxygen atoms in total. The SMILES string of the molecule is c1ccc(Cc2nc3ccccc3n2CCc2cccc3ccccc23)cc1. The number of hydrogen-bond donors (Lipinski definition) is 0. The van der Waals surface area contributed by atoms with Crippen molar-refractivity contribution in [3.8, 4) is 0 Å². The molecule has 0 bridgehead atoms. The number of aromatic nitrogens is 2. The molecule has 0 amide bonds.